The molecule has 23 heavy (non-hydrogen) atoms. The number of hydrogen-bond acceptors (Lipinski definition) is 4. The summed E-state index contributed by atoms with van der Waals surface area (Å²) in [6.07, 6.45) is 1.52. The summed E-state index contributed by atoms with van der Waals surface area (Å²) in [5.41, 5.74) is 0.259. The highest BCUT2D eigenvalue weighted by Gasteiger charge is 2.38. The maximum atomic E-state index is 12.1. The molecule has 126 valence electrons. The van der Waals surface area contributed by atoms with Crippen molar-refractivity contribution in [1.29, 1.82) is 0 Å². The Balaban J connectivity index is 1.95. The predicted octanol–water partition coefficient (Wildman–Crippen LogP) is 1.76. The van der Waals surface area contributed by atoms with Crippen LogP contribution >= 0.6 is 0 Å². The lowest BCUT2D eigenvalue weighted by Gasteiger charge is -2.46. The van der Waals surface area contributed by atoms with Gasteiger partial charge in [0.25, 0.3) is 0 Å². The van der Waals surface area contributed by atoms with E-state index in [1.165, 1.54) is 24.3 Å². The topological polar surface area (TPSA) is 90.5 Å². The van der Waals surface area contributed by atoms with Crippen molar-refractivity contribution in [1.82, 2.24) is 10.6 Å². The second-order valence-corrected chi connectivity index (χ2v) is 7.47. The highest BCUT2D eigenvalue weighted by atomic mass is 16.3. The van der Waals surface area contributed by atoms with Crippen LogP contribution in [0.25, 0.3) is 0 Å². The molecule has 1 aliphatic rings. The van der Waals surface area contributed by atoms with Gasteiger partial charge in [0.1, 0.15) is 5.75 Å². The summed E-state index contributed by atoms with van der Waals surface area (Å²) in [6.45, 7) is 8.35. The van der Waals surface area contributed by atoms with Gasteiger partial charge in [0, 0.05) is 22.8 Å². The minimum absolute atomic E-state index is 0.0562. The summed E-state index contributed by atoms with van der Waals surface area (Å²) >= 11 is 0. The van der Waals surface area contributed by atoms with Crippen LogP contribution in [0.5, 0.6) is 5.75 Å². The standard InChI is InChI=1S/C17H25N3O3/c1-16(2)9-12(10-17(3,4)20-16)19-15(23)14(22)18-11-5-7-13(21)8-6-11/h5-8,12,20-21H,9-10H2,1-4H3,(H,18,22)(H,19,23). The Hall–Kier alpha value is -2.08. The van der Waals surface area contributed by atoms with Gasteiger partial charge >= 0.3 is 11.8 Å². The van der Waals surface area contributed by atoms with Crippen LogP contribution in [-0.4, -0.2) is 34.0 Å². The Morgan fingerprint density at radius 2 is 1.57 bits per heavy atom. The van der Waals surface area contributed by atoms with Crippen LogP contribution in [0.1, 0.15) is 40.5 Å². The van der Waals surface area contributed by atoms with E-state index >= 15 is 0 Å². The number of anilines is 1. The molecule has 6 heteroatoms. The maximum absolute atomic E-state index is 12.1. The fraction of sp³-hybridized carbons (Fsp3) is 0.529. The molecule has 1 heterocycles. The van der Waals surface area contributed by atoms with Crippen LogP contribution in [0.4, 0.5) is 5.69 Å². The summed E-state index contributed by atoms with van der Waals surface area (Å²) in [5, 5.41) is 18.1. The first-order valence-corrected chi connectivity index (χ1v) is 7.77. The van der Waals surface area contributed by atoms with Crippen LogP contribution in [0.3, 0.4) is 0 Å². The highest BCUT2D eigenvalue weighted by Crippen LogP contribution is 2.28. The van der Waals surface area contributed by atoms with E-state index in [-0.39, 0.29) is 22.9 Å². The zero-order valence-corrected chi connectivity index (χ0v) is 14.1. The lowest BCUT2D eigenvalue weighted by molar-refractivity contribution is -0.137. The monoisotopic (exact) mass is 319 g/mol. The largest absolute Gasteiger partial charge is 0.508 e. The molecule has 2 amide bonds. The Morgan fingerprint density at radius 3 is 2.09 bits per heavy atom. The van der Waals surface area contributed by atoms with E-state index < -0.39 is 11.8 Å². The first-order chi connectivity index (χ1) is 10.6. The van der Waals surface area contributed by atoms with Gasteiger partial charge in [0.2, 0.25) is 0 Å². The number of carbonyl (C=O) groups is 2. The van der Waals surface area contributed by atoms with Gasteiger partial charge in [-0.3, -0.25) is 9.59 Å². The minimum Gasteiger partial charge on any atom is -0.508 e. The Labute approximate surface area is 136 Å². The molecule has 0 spiro atoms. The molecule has 1 aliphatic heterocycles. The second-order valence-electron chi connectivity index (χ2n) is 7.47. The molecule has 1 fully saturated rings. The number of carbonyl (C=O) groups excluding carboxylic acids is 2. The van der Waals surface area contributed by atoms with E-state index in [4.69, 9.17) is 0 Å². The number of nitrogens with one attached hydrogen (secondary N) is 3. The van der Waals surface area contributed by atoms with Gasteiger partial charge in [-0.2, -0.15) is 0 Å². The Kier molecular flexibility index (Phi) is 4.66. The SMILES string of the molecule is CC1(C)CC(NC(=O)C(=O)Nc2ccc(O)cc2)CC(C)(C)N1. The summed E-state index contributed by atoms with van der Waals surface area (Å²) < 4.78 is 0. The van der Waals surface area contributed by atoms with Gasteiger partial charge < -0.3 is 21.1 Å². The minimum atomic E-state index is -0.704. The molecule has 0 unspecified atom stereocenters. The van der Waals surface area contributed by atoms with Crippen molar-refractivity contribution in [2.24, 2.45) is 0 Å². The third-order valence-electron chi connectivity index (χ3n) is 3.86. The second kappa shape index (κ2) is 6.20. The number of benzene rings is 1. The number of rotatable bonds is 2. The Bertz CT molecular complexity index is 578. The maximum Gasteiger partial charge on any atom is 0.313 e. The lowest BCUT2D eigenvalue weighted by atomic mass is 9.79. The molecule has 0 bridgehead atoms. The van der Waals surface area contributed by atoms with Crippen molar-refractivity contribution < 1.29 is 14.7 Å². The molecular weight excluding hydrogens is 294 g/mol. The average Bonchev–Trinajstić information content (AvgIpc) is 2.37. The summed E-state index contributed by atoms with van der Waals surface area (Å²) in [4.78, 5) is 24.1. The van der Waals surface area contributed by atoms with E-state index in [9.17, 15) is 14.7 Å². The predicted molar refractivity (Wildman–Crippen MR) is 89.2 cm³/mol. The normalized spacial score (nSPS) is 19.8. The first-order valence-electron chi connectivity index (χ1n) is 7.77. The molecule has 1 aromatic carbocycles. The van der Waals surface area contributed by atoms with Crippen molar-refractivity contribution in [2.45, 2.75) is 57.7 Å². The van der Waals surface area contributed by atoms with Gasteiger partial charge in [-0.25, -0.2) is 0 Å². The summed E-state index contributed by atoms with van der Waals surface area (Å²) in [5.74, 6) is -1.24. The number of piperidine rings is 1. The molecule has 6 nitrogen and oxygen atoms in total. The van der Waals surface area contributed by atoms with Crippen LogP contribution in [0.2, 0.25) is 0 Å². The van der Waals surface area contributed by atoms with Crippen molar-refractivity contribution in [2.75, 3.05) is 5.32 Å². The van der Waals surface area contributed by atoms with E-state index in [1.807, 2.05) is 0 Å². The smallest absolute Gasteiger partial charge is 0.313 e. The highest BCUT2D eigenvalue weighted by molar-refractivity contribution is 6.39. The van der Waals surface area contributed by atoms with Crippen molar-refractivity contribution >= 4 is 17.5 Å². The quantitative estimate of drug-likeness (QED) is 0.494. The molecule has 1 aromatic rings. The van der Waals surface area contributed by atoms with Gasteiger partial charge in [0.15, 0.2) is 0 Å². The number of amides is 2. The van der Waals surface area contributed by atoms with E-state index in [1.54, 1.807) is 0 Å². The van der Waals surface area contributed by atoms with Crippen LogP contribution in [0, 0.1) is 0 Å². The van der Waals surface area contributed by atoms with Gasteiger partial charge in [-0.05, 0) is 64.8 Å². The fourth-order valence-electron chi connectivity index (χ4n) is 3.41. The van der Waals surface area contributed by atoms with Crippen molar-refractivity contribution in [3.8, 4) is 5.75 Å². The molecule has 0 aromatic heterocycles. The third-order valence-corrected chi connectivity index (χ3v) is 3.86. The van der Waals surface area contributed by atoms with Crippen molar-refractivity contribution in [3.05, 3.63) is 24.3 Å². The Morgan fingerprint density at radius 1 is 1.04 bits per heavy atom. The van der Waals surface area contributed by atoms with Crippen molar-refractivity contribution in [3.63, 3.8) is 0 Å². The number of aromatic hydroxyl groups is 1. The van der Waals surface area contributed by atoms with Gasteiger partial charge in [0.05, 0.1) is 0 Å². The molecule has 0 radical (unpaired) electrons. The average molecular weight is 319 g/mol. The third kappa shape index (κ3) is 4.96. The lowest BCUT2D eigenvalue weighted by Crippen LogP contribution is -2.62. The van der Waals surface area contributed by atoms with E-state index in [0.717, 1.165) is 12.8 Å². The van der Waals surface area contributed by atoms with Crippen LogP contribution < -0.4 is 16.0 Å². The molecule has 0 saturated carbocycles. The molecule has 2 rings (SSSR count). The summed E-state index contributed by atoms with van der Waals surface area (Å²) in [7, 11) is 0. The number of phenols is 1. The van der Waals surface area contributed by atoms with E-state index in [2.05, 4.69) is 43.6 Å². The van der Waals surface area contributed by atoms with E-state index in [0.29, 0.717) is 5.69 Å². The van der Waals surface area contributed by atoms with Gasteiger partial charge in [-0.15, -0.1) is 0 Å². The number of phenolic OH excluding ortho intramolecular Hbond substituents is 1. The van der Waals surface area contributed by atoms with Gasteiger partial charge in [-0.1, -0.05) is 0 Å². The molecule has 1 saturated heterocycles. The first kappa shape index (κ1) is 17.3. The fourth-order valence-corrected chi connectivity index (χ4v) is 3.41. The zero-order valence-electron chi connectivity index (χ0n) is 14.1. The molecule has 0 atom stereocenters. The number of hydrogen-bond donors (Lipinski definition) is 4. The molecule has 0 aliphatic carbocycles. The van der Waals surface area contributed by atoms with Crippen LogP contribution in [0.15, 0.2) is 24.3 Å². The molecule has 4 N–H and O–H groups in total. The summed E-state index contributed by atoms with van der Waals surface area (Å²) in [6, 6.07) is 5.92. The zero-order chi connectivity index (χ0) is 17.3. The molecular formula is C17H25N3O3. The van der Waals surface area contributed by atoms with Crippen LogP contribution in [-0.2, 0) is 9.59 Å².